The highest BCUT2D eigenvalue weighted by atomic mass is 16.5. The Morgan fingerprint density at radius 1 is 1.02 bits per heavy atom. The molecule has 0 atom stereocenters. The van der Waals surface area contributed by atoms with Crippen molar-refractivity contribution >= 4 is 17.7 Å². The van der Waals surface area contributed by atoms with E-state index in [0.29, 0.717) is 48.4 Å². The van der Waals surface area contributed by atoms with Crippen LogP contribution in [0.1, 0.15) is 28.8 Å². The SMILES string of the molecule is Cn1c(-c2ccc(-c3ccccn3)cc2)c(C(=O)N2CCC(OCC(=O)O)CC2)c(=O)n1-c1ccc(C(=N)N)cc1. The van der Waals surface area contributed by atoms with Crippen molar-refractivity contribution in [3.05, 3.63) is 94.4 Å². The third-order valence-electron chi connectivity index (χ3n) is 7.19. The highest BCUT2D eigenvalue weighted by molar-refractivity contribution is 6.00. The number of ether oxygens (including phenoxy) is 1. The smallest absolute Gasteiger partial charge is 0.329 e. The maximum atomic E-state index is 13.9. The van der Waals surface area contributed by atoms with E-state index in [0.717, 1.165) is 11.3 Å². The summed E-state index contributed by atoms with van der Waals surface area (Å²) in [4.78, 5) is 44.7. The van der Waals surface area contributed by atoms with Crippen LogP contribution < -0.4 is 11.3 Å². The van der Waals surface area contributed by atoms with E-state index < -0.39 is 17.4 Å². The van der Waals surface area contributed by atoms with Gasteiger partial charge in [-0.1, -0.05) is 30.3 Å². The number of hydrogen-bond acceptors (Lipinski definition) is 6. The van der Waals surface area contributed by atoms with Crippen molar-refractivity contribution in [1.29, 1.82) is 5.41 Å². The van der Waals surface area contributed by atoms with E-state index in [2.05, 4.69) is 4.98 Å². The fourth-order valence-corrected chi connectivity index (χ4v) is 5.11. The number of nitrogen functional groups attached to an aromatic ring is 1. The molecule has 1 aliphatic heterocycles. The second kappa shape index (κ2) is 11.6. The van der Waals surface area contributed by atoms with Crippen molar-refractivity contribution in [2.45, 2.75) is 18.9 Å². The fraction of sp³-hybridized carbons (Fsp3) is 0.233. The number of rotatable bonds is 8. The molecule has 2 aromatic heterocycles. The molecule has 0 radical (unpaired) electrons. The Balaban J connectivity index is 1.54. The molecule has 210 valence electrons. The van der Waals surface area contributed by atoms with Gasteiger partial charge in [-0.15, -0.1) is 0 Å². The predicted molar refractivity (Wildman–Crippen MR) is 153 cm³/mol. The Hall–Kier alpha value is -5.03. The Labute approximate surface area is 235 Å². The van der Waals surface area contributed by atoms with Crippen LogP contribution in [0.4, 0.5) is 0 Å². The molecule has 0 bridgehead atoms. The molecule has 2 aromatic carbocycles. The van der Waals surface area contributed by atoms with E-state index >= 15 is 0 Å². The minimum absolute atomic E-state index is 0.0404. The molecule has 0 aliphatic carbocycles. The second-order valence-corrected chi connectivity index (χ2v) is 9.81. The third-order valence-corrected chi connectivity index (χ3v) is 7.19. The molecule has 1 aliphatic rings. The lowest BCUT2D eigenvalue weighted by molar-refractivity contribution is -0.145. The molecule has 41 heavy (non-hydrogen) atoms. The van der Waals surface area contributed by atoms with Gasteiger partial charge in [0.05, 0.1) is 23.2 Å². The number of aromatic nitrogens is 3. The number of amidine groups is 1. The van der Waals surface area contributed by atoms with E-state index in [1.54, 1.807) is 47.1 Å². The molecule has 4 aromatic rings. The summed E-state index contributed by atoms with van der Waals surface area (Å²) in [5.41, 5.74) is 9.07. The first-order chi connectivity index (χ1) is 19.7. The molecule has 5 rings (SSSR count). The number of nitrogens with one attached hydrogen (secondary N) is 1. The fourth-order valence-electron chi connectivity index (χ4n) is 5.11. The number of carboxylic acids is 1. The van der Waals surface area contributed by atoms with E-state index in [1.165, 1.54) is 4.68 Å². The Bertz CT molecular complexity index is 1630. The number of carboxylic acid groups (broad SMARTS) is 1. The van der Waals surface area contributed by atoms with Crippen LogP contribution in [-0.2, 0) is 16.6 Å². The number of pyridine rings is 1. The molecular formula is C30H30N6O5. The molecule has 11 nitrogen and oxygen atoms in total. The van der Waals surface area contributed by atoms with Gasteiger partial charge in [0.2, 0.25) is 0 Å². The zero-order valence-electron chi connectivity index (χ0n) is 22.5. The first kappa shape index (κ1) is 27.5. The molecule has 1 saturated heterocycles. The summed E-state index contributed by atoms with van der Waals surface area (Å²) in [7, 11) is 1.73. The zero-order chi connectivity index (χ0) is 29.1. The van der Waals surface area contributed by atoms with Crippen LogP contribution in [0.2, 0.25) is 0 Å². The molecule has 4 N–H and O–H groups in total. The second-order valence-electron chi connectivity index (χ2n) is 9.81. The number of carbonyl (C=O) groups excluding carboxylic acids is 1. The van der Waals surface area contributed by atoms with Crippen LogP contribution in [0.25, 0.3) is 28.2 Å². The van der Waals surface area contributed by atoms with Gasteiger partial charge in [0.1, 0.15) is 18.0 Å². The predicted octanol–water partition coefficient (Wildman–Crippen LogP) is 2.89. The summed E-state index contributed by atoms with van der Waals surface area (Å²) in [6.07, 6.45) is 2.40. The van der Waals surface area contributed by atoms with Gasteiger partial charge >= 0.3 is 5.97 Å². The number of nitrogens with two attached hydrogens (primary N) is 1. The summed E-state index contributed by atoms with van der Waals surface area (Å²) in [6, 6.07) is 19.9. The normalized spacial score (nSPS) is 13.7. The summed E-state index contributed by atoms with van der Waals surface area (Å²) < 4.78 is 8.51. The molecule has 0 unspecified atom stereocenters. The molecule has 3 heterocycles. The molecule has 0 saturated carbocycles. The van der Waals surface area contributed by atoms with Gasteiger partial charge in [-0.2, -0.15) is 0 Å². The first-order valence-corrected chi connectivity index (χ1v) is 13.2. The van der Waals surface area contributed by atoms with E-state index in [1.807, 2.05) is 42.5 Å². The van der Waals surface area contributed by atoms with Gasteiger partial charge in [0.25, 0.3) is 11.5 Å². The number of benzene rings is 2. The van der Waals surface area contributed by atoms with Crippen molar-refractivity contribution in [3.63, 3.8) is 0 Å². The Kier molecular flexibility index (Phi) is 7.79. The lowest BCUT2D eigenvalue weighted by Crippen LogP contribution is -2.42. The number of hydrogen-bond donors (Lipinski definition) is 3. The molecule has 11 heteroatoms. The quantitative estimate of drug-likeness (QED) is 0.223. The number of aliphatic carboxylic acids is 1. The van der Waals surface area contributed by atoms with Crippen molar-refractivity contribution < 1.29 is 19.4 Å². The van der Waals surface area contributed by atoms with Crippen LogP contribution in [0.5, 0.6) is 0 Å². The van der Waals surface area contributed by atoms with E-state index in [9.17, 15) is 14.4 Å². The molecule has 1 amide bonds. The number of nitrogens with zero attached hydrogens (tertiary/aromatic N) is 4. The largest absolute Gasteiger partial charge is 0.480 e. The van der Waals surface area contributed by atoms with Crippen LogP contribution in [-0.4, -0.2) is 67.9 Å². The van der Waals surface area contributed by atoms with Crippen molar-refractivity contribution in [2.75, 3.05) is 19.7 Å². The van der Waals surface area contributed by atoms with Crippen molar-refractivity contribution in [1.82, 2.24) is 19.2 Å². The summed E-state index contributed by atoms with van der Waals surface area (Å²) in [5.74, 6) is -1.52. The number of likely N-dealkylation sites (tertiary alicyclic amines) is 1. The monoisotopic (exact) mass is 554 g/mol. The van der Waals surface area contributed by atoms with Crippen LogP contribution in [0, 0.1) is 5.41 Å². The lowest BCUT2D eigenvalue weighted by Gasteiger charge is -2.31. The maximum Gasteiger partial charge on any atom is 0.329 e. The number of amides is 1. The summed E-state index contributed by atoms with van der Waals surface area (Å²) in [6.45, 7) is 0.286. The van der Waals surface area contributed by atoms with E-state index in [-0.39, 0.29) is 24.1 Å². The summed E-state index contributed by atoms with van der Waals surface area (Å²) >= 11 is 0. The number of piperidine rings is 1. The van der Waals surface area contributed by atoms with E-state index in [4.69, 9.17) is 21.0 Å². The van der Waals surface area contributed by atoms with Gasteiger partial charge in [-0.3, -0.25) is 24.7 Å². The van der Waals surface area contributed by atoms with Crippen LogP contribution >= 0.6 is 0 Å². The average Bonchev–Trinajstić information content (AvgIpc) is 3.25. The minimum Gasteiger partial charge on any atom is -0.480 e. The minimum atomic E-state index is -1.04. The van der Waals surface area contributed by atoms with Gasteiger partial charge in [0, 0.05) is 43.0 Å². The topological polar surface area (TPSA) is 157 Å². The van der Waals surface area contributed by atoms with Gasteiger partial charge in [-0.05, 0) is 49.2 Å². The highest BCUT2D eigenvalue weighted by Crippen LogP contribution is 2.28. The summed E-state index contributed by atoms with van der Waals surface area (Å²) in [5, 5.41) is 16.6. The third kappa shape index (κ3) is 5.66. The van der Waals surface area contributed by atoms with Gasteiger partial charge in [0.15, 0.2) is 0 Å². The van der Waals surface area contributed by atoms with Gasteiger partial charge < -0.3 is 20.5 Å². The maximum absolute atomic E-state index is 13.9. The highest BCUT2D eigenvalue weighted by Gasteiger charge is 2.32. The van der Waals surface area contributed by atoms with Crippen molar-refractivity contribution in [3.8, 4) is 28.2 Å². The molecule has 1 fully saturated rings. The zero-order valence-corrected chi connectivity index (χ0v) is 22.5. The Morgan fingerprint density at radius 2 is 1.68 bits per heavy atom. The van der Waals surface area contributed by atoms with Crippen LogP contribution in [0.3, 0.4) is 0 Å². The first-order valence-electron chi connectivity index (χ1n) is 13.2. The molecular weight excluding hydrogens is 524 g/mol. The standard InChI is InChI=1S/C30H30N6O5/c1-34-27(20-7-5-19(6-8-20)24-4-2-3-15-33-24)26(29(39)35-16-13-23(14-17-35)41-18-25(37)38)30(40)36(34)22-11-9-21(10-12-22)28(31)32/h2-12,15,23H,13-14,16-18H2,1H3,(H3,31,32)(H,37,38). The number of carbonyl (C=O) groups is 2. The van der Waals surface area contributed by atoms with Crippen LogP contribution in [0.15, 0.2) is 77.7 Å². The Morgan fingerprint density at radius 3 is 2.27 bits per heavy atom. The van der Waals surface area contributed by atoms with Gasteiger partial charge in [-0.25, -0.2) is 9.48 Å². The molecule has 0 spiro atoms. The average molecular weight is 555 g/mol. The van der Waals surface area contributed by atoms with Crippen molar-refractivity contribution in [2.24, 2.45) is 12.8 Å². The lowest BCUT2D eigenvalue weighted by atomic mass is 10.0.